The Bertz CT molecular complexity index is 1220. The average Bonchev–Trinajstić information content (AvgIpc) is 3.05. The molecule has 2 aromatic rings. The minimum atomic E-state index is -4.74. The smallest absolute Gasteiger partial charge is 0.303 e. The van der Waals surface area contributed by atoms with Crippen molar-refractivity contribution in [2.75, 3.05) is 9.80 Å². The Kier molecular flexibility index (Phi) is 7.06. The molecule has 0 unspecified atom stereocenters. The molecule has 1 aliphatic carbocycles. The number of rotatable bonds is 6. The molecule has 11 heteroatoms. The maximum absolute atomic E-state index is 13.5. The van der Waals surface area contributed by atoms with E-state index in [0.717, 1.165) is 29.0 Å². The molecule has 2 aromatic carbocycles. The van der Waals surface area contributed by atoms with Gasteiger partial charge in [0, 0.05) is 12.1 Å². The highest BCUT2D eigenvalue weighted by molar-refractivity contribution is 14.1. The standard InChI is InChI=1S/C24H20F3IN4O2S/c25-24(26,27)19-13-18(10-7-16(19)14-29)31-21(34)23(11-2-12-23)32(22(31)35)17-8-5-15(6-9-17)3-1-4-20(33)30-28/h5-10,13H,1-4,11-12H2,(H,30,33). The number of alkyl halides is 3. The van der Waals surface area contributed by atoms with Gasteiger partial charge in [-0.2, -0.15) is 18.4 Å². The number of benzene rings is 2. The second-order valence-corrected chi connectivity index (χ2v) is 9.43. The summed E-state index contributed by atoms with van der Waals surface area (Å²) in [6, 6.07) is 12.3. The van der Waals surface area contributed by atoms with E-state index >= 15 is 0 Å². The van der Waals surface area contributed by atoms with Gasteiger partial charge in [-0.3, -0.25) is 18.0 Å². The lowest BCUT2D eigenvalue weighted by atomic mass is 9.75. The third kappa shape index (κ3) is 4.61. The molecule has 6 nitrogen and oxygen atoms in total. The lowest BCUT2D eigenvalue weighted by Crippen LogP contribution is -2.55. The van der Waals surface area contributed by atoms with Crippen LogP contribution in [0.2, 0.25) is 0 Å². The van der Waals surface area contributed by atoms with Crippen LogP contribution in [0.3, 0.4) is 0 Å². The zero-order valence-corrected chi connectivity index (χ0v) is 21.3. The first kappa shape index (κ1) is 25.4. The second kappa shape index (κ2) is 9.73. The maximum Gasteiger partial charge on any atom is 0.417 e. The zero-order chi connectivity index (χ0) is 25.4. The number of thiocarbonyl (C=S) groups is 1. The highest BCUT2D eigenvalue weighted by atomic mass is 127. The molecule has 182 valence electrons. The molecule has 2 aliphatic rings. The predicted octanol–water partition coefficient (Wildman–Crippen LogP) is 5.43. The third-order valence-electron chi connectivity index (χ3n) is 6.45. The highest BCUT2D eigenvalue weighted by Crippen LogP contribution is 2.48. The van der Waals surface area contributed by atoms with E-state index in [0.29, 0.717) is 37.8 Å². The summed E-state index contributed by atoms with van der Waals surface area (Å²) >= 11 is 7.44. The SMILES string of the molecule is N#Cc1ccc(N2C(=O)C3(CCC3)N(c3ccc(CCCC(=O)NI)cc3)C2=S)cc1C(F)(F)F. The van der Waals surface area contributed by atoms with Gasteiger partial charge in [0.25, 0.3) is 5.91 Å². The molecule has 1 aliphatic heterocycles. The first-order valence-corrected chi connectivity index (χ1v) is 12.4. The van der Waals surface area contributed by atoms with Gasteiger partial charge in [0.2, 0.25) is 5.91 Å². The number of amides is 2. The van der Waals surface area contributed by atoms with E-state index in [1.165, 1.54) is 6.07 Å². The molecule has 2 amide bonds. The van der Waals surface area contributed by atoms with E-state index in [4.69, 9.17) is 17.5 Å². The molecule has 1 saturated heterocycles. The van der Waals surface area contributed by atoms with Crippen LogP contribution >= 0.6 is 35.1 Å². The zero-order valence-electron chi connectivity index (χ0n) is 18.4. The van der Waals surface area contributed by atoms with Gasteiger partial charge < -0.3 is 4.90 Å². The van der Waals surface area contributed by atoms with Crippen LogP contribution in [0.15, 0.2) is 42.5 Å². The summed E-state index contributed by atoms with van der Waals surface area (Å²) in [5.74, 6) is -0.396. The summed E-state index contributed by atoms with van der Waals surface area (Å²) in [6.07, 6.45) is -1.05. The molecule has 4 rings (SSSR count). The van der Waals surface area contributed by atoms with E-state index in [1.807, 2.05) is 24.3 Å². The molecule has 0 radical (unpaired) electrons. The number of nitrogens with zero attached hydrogens (tertiary/aromatic N) is 3. The molecule has 0 atom stereocenters. The molecule has 35 heavy (non-hydrogen) atoms. The summed E-state index contributed by atoms with van der Waals surface area (Å²) in [7, 11) is 0. The molecule has 1 heterocycles. The van der Waals surface area contributed by atoms with Crippen molar-refractivity contribution < 1.29 is 22.8 Å². The topological polar surface area (TPSA) is 76.4 Å². The number of halogens is 4. The van der Waals surface area contributed by atoms with E-state index < -0.39 is 22.8 Å². The van der Waals surface area contributed by atoms with Crippen molar-refractivity contribution in [1.82, 2.24) is 3.53 Å². The van der Waals surface area contributed by atoms with Gasteiger partial charge in [-0.1, -0.05) is 12.1 Å². The normalized spacial score (nSPS) is 16.9. The Morgan fingerprint density at radius 1 is 1.17 bits per heavy atom. The van der Waals surface area contributed by atoms with Crippen molar-refractivity contribution in [3.05, 3.63) is 59.2 Å². The number of hydrogen-bond donors (Lipinski definition) is 1. The number of carbonyl (C=O) groups excluding carboxylic acids is 2. The maximum atomic E-state index is 13.5. The van der Waals surface area contributed by atoms with Crippen LogP contribution in [0.25, 0.3) is 0 Å². The van der Waals surface area contributed by atoms with Crippen LogP contribution in [0, 0.1) is 11.3 Å². The van der Waals surface area contributed by atoms with E-state index in [1.54, 1.807) is 33.8 Å². The van der Waals surface area contributed by atoms with Gasteiger partial charge in [-0.25, -0.2) is 0 Å². The van der Waals surface area contributed by atoms with Crippen molar-refractivity contribution in [3.63, 3.8) is 0 Å². The predicted molar refractivity (Wildman–Crippen MR) is 137 cm³/mol. The fourth-order valence-electron chi connectivity index (χ4n) is 4.52. The highest BCUT2D eigenvalue weighted by Gasteiger charge is 2.59. The summed E-state index contributed by atoms with van der Waals surface area (Å²) in [5, 5.41) is 9.20. The summed E-state index contributed by atoms with van der Waals surface area (Å²) < 4.78 is 43.2. The van der Waals surface area contributed by atoms with Crippen LogP contribution in [0.5, 0.6) is 0 Å². The fourth-order valence-corrected chi connectivity index (χ4v) is 5.26. The van der Waals surface area contributed by atoms with Gasteiger partial charge in [-0.15, -0.1) is 0 Å². The number of anilines is 2. The molecule has 1 spiro atoms. The summed E-state index contributed by atoms with van der Waals surface area (Å²) in [6.45, 7) is 0. The number of nitriles is 1. The van der Waals surface area contributed by atoms with Crippen LogP contribution in [0.1, 0.15) is 48.8 Å². The number of carbonyl (C=O) groups is 2. The molecular formula is C24H20F3IN4O2S. The van der Waals surface area contributed by atoms with Crippen LogP contribution in [0.4, 0.5) is 24.5 Å². The van der Waals surface area contributed by atoms with Crippen LogP contribution in [-0.4, -0.2) is 22.5 Å². The molecule has 0 aromatic heterocycles. The Morgan fingerprint density at radius 3 is 2.37 bits per heavy atom. The van der Waals surface area contributed by atoms with Gasteiger partial charge in [-0.05, 0) is 80.2 Å². The van der Waals surface area contributed by atoms with Crippen molar-refractivity contribution in [3.8, 4) is 6.07 Å². The van der Waals surface area contributed by atoms with Crippen LogP contribution < -0.4 is 13.3 Å². The van der Waals surface area contributed by atoms with E-state index in [2.05, 4.69) is 3.53 Å². The van der Waals surface area contributed by atoms with Crippen molar-refractivity contribution in [2.45, 2.75) is 50.2 Å². The van der Waals surface area contributed by atoms with Crippen molar-refractivity contribution in [2.24, 2.45) is 0 Å². The quantitative estimate of drug-likeness (QED) is 0.268. The Hall–Kier alpha value is -2.72. The molecule has 0 bridgehead atoms. The minimum absolute atomic E-state index is 0.00902. The Labute approximate surface area is 219 Å². The minimum Gasteiger partial charge on any atom is -0.303 e. The number of nitrogens with one attached hydrogen (secondary N) is 1. The largest absolute Gasteiger partial charge is 0.417 e. The third-order valence-corrected chi connectivity index (χ3v) is 7.42. The van der Waals surface area contributed by atoms with Crippen molar-refractivity contribution >= 4 is 63.4 Å². The molecule has 1 N–H and O–H groups in total. The molecule has 1 saturated carbocycles. The second-order valence-electron chi connectivity index (χ2n) is 8.52. The summed E-state index contributed by atoms with van der Waals surface area (Å²) in [5.41, 5.74) is -0.846. The Balaban J connectivity index is 1.64. The van der Waals surface area contributed by atoms with E-state index in [9.17, 15) is 22.8 Å². The van der Waals surface area contributed by atoms with Crippen LogP contribution in [-0.2, 0) is 22.2 Å². The van der Waals surface area contributed by atoms with E-state index in [-0.39, 0.29) is 22.6 Å². The van der Waals surface area contributed by atoms with Crippen molar-refractivity contribution in [1.29, 1.82) is 5.26 Å². The number of aryl methyl sites for hydroxylation is 1. The Morgan fingerprint density at radius 2 is 1.83 bits per heavy atom. The lowest BCUT2D eigenvalue weighted by Gasteiger charge is -2.43. The molecule has 2 fully saturated rings. The summed E-state index contributed by atoms with van der Waals surface area (Å²) in [4.78, 5) is 27.8. The first-order valence-electron chi connectivity index (χ1n) is 10.9. The lowest BCUT2D eigenvalue weighted by molar-refractivity contribution is -0.137. The first-order chi connectivity index (χ1) is 16.6. The monoisotopic (exact) mass is 612 g/mol. The number of hydrogen-bond acceptors (Lipinski definition) is 4. The fraction of sp³-hybridized carbons (Fsp3) is 0.333. The van der Waals surface area contributed by atoms with Gasteiger partial charge in [0.05, 0.1) is 45.7 Å². The molecular weight excluding hydrogens is 592 g/mol. The van der Waals surface area contributed by atoms with Gasteiger partial charge in [0.15, 0.2) is 5.11 Å². The average molecular weight is 612 g/mol. The van der Waals surface area contributed by atoms with Gasteiger partial charge in [0.1, 0.15) is 5.54 Å². The van der Waals surface area contributed by atoms with Gasteiger partial charge >= 0.3 is 6.18 Å².